The highest BCUT2D eigenvalue weighted by Gasteiger charge is 2.15. The van der Waals surface area contributed by atoms with E-state index in [0.717, 1.165) is 5.56 Å². The number of hydrogen-bond donors (Lipinski definition) is 0. The van der Waals surface area contributed by atoms with Gasteiger partial charge in [-0.3, -0.25) is 4.79 Å². The summed E-state index contributed by atoms with van der Waals surface area (Å²) in [5.74, 6) is -0.738. The molecule has 0 aliphatic heterocycles. The van der Waals surface area contributed by atoms with Crippen LogP contribution in [0.3, 0.4) is 0 Å². The quantitative estimate of drug-likeness (QED) is 0.705. The number of esters is 1. The molecule has 0 saturated carbocycles. The third-order valence-electron chi connectivity index (χ3n) is 2.03. The smallest absolute Gasteiger partial charge is 0.307 e. The van der Waals surface area contributed by atoms with Gasteiger partial charge in [0, 0.05) is 0 Å². The Kier molecular flexibility index (Phi) is 4.36. The van der Waals surface area contributed by atoms with Crippen molar-refractivity contribution in [2.75, 3.05) is 6.61 Å². The summed E-state index contributed by atoms with van der Waals surface area (Å²) in [6.07, 6.45) is 0.119. The van der Waals surface area contributed by atoms with Gasteiger partial charge in [-0.2, -0.15) is 5.26 Å². The first-order valence-electron chi connectivity index (χ1n) is 4.88. The van der Waals surface area contributed by atoms with Crippen molar-refractivity contribution in [1.82, 2.24) is 0 Å². The van der Waals surface area contributed by atoms with Gasteiger partial charge in [0.1, 0.15) is 0 Å². The maximum atomic E-state index is 11.2. The number of nitrogens with zero attached hydrogens (tertiary/aromatic N) is 1. The fourth-order valence-electron chi connectivity index (χ4n) is 1.31. The molecule has 1 aromatic rings. The molecule has 0 spiro atoms. The van der Waals surface area contributed by atoms with E-state index in [4.69, 9.17) is 10.00 Å². The molecule has 0 amide bonds. The second-order valence-electron chi connectivity index (χ2n) is 3.10. The SMILES string of the molecule is CCOC(=O)CC(C#N)c1ccccc1. The lowest BCUT2D eigenvalue weighted by Gasteiger charge is -2.08. The van der Waals surface area contributed by atoms with Gasteiger partial charge in [-0.1, -0.05) is 30.3 Å². The van der Waals surface area contributed by atoms with Gasteiger partial charge < -0.3 is 4.74 Å². The fourth-order valence-corrected chi connectivity index (χ4v) is 1.31. The van der Waals surface area contributed by atoms with Crippen LogP contribution in [0.15, 0.2) is 30.3 Å². The van der Waals surface area contributed by atoms with E-state index in [-0.39, 0.29) is 12.4 Å². The Morgan fingerprint density at radius 3 is 2.67 bits per heavy atom. The van der Waals surface area contributed by atoms with Crippen LogP contribution in [0.5, 0.6) is 0 Å². The topological polar surface area (TPSA) is 50.1 Å². The third-order valence-corrected chi connectivity index (χ3v) is 2.03. The minimum absolute atomic E-state index is 0.119. The molecule has 0 radical (unpaired) electrons. The average Bonchev–Trinajstić information content (AvgIpc) is 2.27. The van der Waals surface area contributed by atoms with Crippen LogP contribution in [0.25, 0.3) is 0 Å². The van der Waals surface area contributed by atoms with E-state index in [1.54, 1.807) is 6.92 Å². The highest BCUT2D eigenvalue weighted by molar-refractivity contribution is 5.71. The highest BCUT2D eigenvalue weighted by Crippen LogP contribution is 2.18. The van der Waals surface area contributed by atoms with Gasteiger partial charge in [0.05, 0.1) is 25.0 Å². The molecule has 15 heavy (non-hydrogen) atoms. The molecule has 1 rings (SSSR count). The maximum absolute atomic E-state index is 11.2. The highest BCUT2D eigenvalue weighted by atomic mass is 16.5. The molecule has 1 atom stereocenters. The van der Waals surface area contributed by atoms with E-state index in [2.05, 4.69) is 6.07 Å². The van der Waals surface area contributed by atoms with Crippen molar-refractivity contribution < 1.29 is 9.53 Å². The zero-order chi connectivity index (χ0) is 11.1. The second-order valence-corrected chi connectivity index (χ2v) is 3.10. The van der Waals surface area contributed by atoms with Crippen molar-refractivity contribution in [1.29, 1.82) is 5.26 Å². The average molecular weight is 203 g/mol. The van der Waals surface area contributed by atoms with E-state index < -0.39 is 5.92 Å². The first kappa shape index (κ1) is 11.3. The molecular formula is C12H13NO2. The number of carbonyl (C=O) groups excluding carboxylic acids is 1. The second kappa shape index (κ2) is 5.82. The minimum Gasteiger partial charge on any atom is -0.466 e. The molecular weight excluding hydrogens is 190 g/mol. The molecule has 0 fully saturated rings. The molecule has 1 unspecified atom stereocenters. The first-order chi connectivity index (χ1) is 7.27. The van der Waals surface area contributed by atoms with Gasteiger partial charge in [-0.15, -0.1) is 0 Å². The Hall–Kier alpha value is -1.82. The van der Waals surface area contributed by atoms with Crippen LogP contribution in [-0.2, 0) is 9.53 Å². The zero-order valence-electron chi connectivity index (χ0n) is 8.64. The lowest BCUT2D eigenvalue weighted by atomic mass is 9.97. The molecule has 0 saturated heterocycles. The molecule has 0 N–H and O–H groups in total. The molecule has 0 aromatic heterocycles. The Labute approximate surface area is 89.3 Å². The normalized spacial score (nSPS) is 11.5. The summed E-state index contributed by atoms with van der Waals surface area (Å²) < 4.78 is 4.81. The number of rotatable bonds is 4. The van der Waals surface area contributed by atoms with Crippen LogP contribution in [0, 0.1) is 11.3 Å². The van der Waals surface area contributed by atoms with E-state index in [0.29, 0.717) is 6.61 Å². The maximum Gasteiger partial charge on any atom is 0.307 e. The fraction of sp³-hybridized carbons (Fsp3) is 0.333. The van der Waals surface area contributed by atoms with E-state index in [1.165, 1.54) is 0 Å². The molecule has 3 nitrogen and oxygen atoms in total. The molecule has 78 valence electrons. The number of carbonyl (C=O) groups is 1. The number of benzene rings is 1. The summed E-state index contributed by atoms with van der Waals surface area (Å²) in [7, 11) is 0. The van der Waals surface area contributed by atoms with E-state index in [1.807, 2.05) is 30.3 Å². The van der Waals surface area contributed by atoms with Crippen molar-refractivity contribution in [3.05, 3.63) is 35.9 Å². The van der Waals surface area contributed by atoms with Gasteiger partial charge >= 0.3 is 5.97 Å². The summed E-state index contributed by atoms with van der Waals surface area (Å²) >= 11 is 0. The van der Waals surface area contributed by atoms with Crippen molar-refractivity contribution in [3.8, 4) is 6.07 Å². The van der Waals surface area contributed by atoms with Crippen LogP contribution in [0.4, 0.5) is 0 Å². The molecule has 0 aliphatic carbocycles. The summed E-state index contributed by atoms with van der Waals surface area (Å²) in [5, 5.41) is 8.94. The summed E-state index contributed by atoms with van der Waals surface area (Å²) in [5.41, 5.74) is 0.855. The number of nitriles is 1. The summed E-state index contributed by atoms with van der Waals surface area (Å²) in [6, 6.07) is 11.4. The largest absolute Gasteiger partial charge is 0.466 e. The lowest BCUT2D eigenvalue weighted by Crippen LogP contribution is -2.09. The number of hydrogen-bond acceptors (Lipinski definition) is 3. The van der Waals surface area contributed by atoms with Gasteiger partial charge in [-0.25, -0.2) is 0 Å². The summed E-state index contributed by atoms with van der Waals surface area (Å²) in [6.45, 7) is 2.10. The monoisotopic (exact) mass is 203 g/mol. The Balaban J connectivity index is 2.66. The molecule has 0 heterocycles. The number of ether oxygens (including phenoxy) is 1. The van der Waals surface area contributed by atoms with E-state index in [9.17, 15) is 4.79 Å². The Morgan fingerprint density at radius 1 is 1.47 bits per heavy atom. The third kappa shape index (κ3) is 3.43. The lowest BCUT2D eigenvalue weighted by molar-refractivity contribution is -0.143. The first-order valence-corrected chi connectivity index (χ1v) is 4.88. The summed E-state index contributed by atoms with van der Waals surface area (Å²) in [4.78, 5) is 11.2. The Morgan fingerprint density at radius 2 is 2.13 bits per heavy atom. The zero-order valence-corrected chi connectivity index (χ0v) is 8.64. The van der Waals surface area contributed by atoms with Gasteiger partial charge in [0.2, 0.25) is 0 Å². The molecule has 0 aliphatic rings. The van der Waals surface area contributed by atoms with Crippen LogP contribution in [-0.4, -0.2) is 12.6 Å². The van der Waals surface area contributed by atoms with Crippen LogP contribution in [0.2, 0.25) is 0 Å². The molecule has 3 heteroatoms. The molecule has 1 aromatic carbocycles. The standard InChI is InChI=1S/C12H13NO2/c1-2-15-12(14)8-11(9-13)10-6-4-3-5-7-10/h3-7,11H,2,8H2,1H3. The van der Waals surface area contributed by atoms with Crippen molar-refractivity contribution in [2.24, 2.45) is 0 Å². The van der Waals surface area contributed by atoms with Gasteiger partial charge in [-0.05, 0) is 12.5 Å². The van der Waals surface area contributed by atoms with Gasteiger partial charge in [0.15, 0.2) is 0 Å². The predicted molar refractivity (Wildman–Crippen MR) is 56.0 cm³/mol. The Bertz CT molecular complexity index is 354. The minimum atomic E-state index is -0.412. The van der Waals surface area contributed by atoms with Crippen molar-refractivity contribution in [2.45, 2.75) is 19.3 Å². The van der Waals surface area contributed by atoms with Gasteiger partial charge in [0.25, 0.3) is 0 Å². The van der Waals surface area contributed by atoms with Crippen LogP contribution >= 0.6 is 0 Å². The van der Waals surface area contributed by atoms with E-state index >= 15 is 0 Å². The van der Waals surface area contributed by atoms with Crippen LogP contribution in [0.1, 0.15) is 24.8 Å². The molecule has 0 bridgehead atoms. The van der Waals surface area contributed by atoms with Crippen molar-refractivity contribution >= 4 is 5.97 Å². The van der Waals surface area contributed by atoms with Crippen LogP contribution < -0.4 is 0 Å². The predicted octanol–water partition coefficient (Wildman–Crippen LogP) is 2.25. The van der Waals surface area contributed by atoms with Crippen molar-refractivity contribution in [3.63, 3.8) is 0 Å².